The van der Waals surface area contributed by atoms with E-state index in [0.717, 1.165) is 16.0 Å². The van der Waals surface area contributed by atoms with Gasteiger partial charge in [-0.25, -0.2) is 4.98 Å². The molecule has 0 saturated heterocycles. The van der Waals surface area contributed by atoms with Crippen LogP contribution in [0.3, 0.4) is 0 Å². The topological polar surface area (TPSA) is 66.5 Å². The lowest BCUT2D eigenvalue weighted by Gasteiger charge is -2.08. The van der Waals surface area contributed by atoms with E-state index in [4.69, 9.17) is 5.26 Å². The van der Waals surface area contributed by atoms with Crippen LogP contribution in [0.15, 0.2) is 29.0 Å². The van der Waals surface area contributed by atoms with Crippen LogP contribution in [0, 0.1) is 11.3 Å². The lowest BCUT2D eigenvalue weighted by atomic mass is 10.2. The highest BCUT2D eigenvalue weighted by Gasteiger charge is 2.03. The van der Waals surface area contributed by atoms with Gasteiger partial charge in [-0.15, -0.1) is 0 Å². The minimum atomic E-state index is 0.584. The summed E-state index contributed by atoms with van der Waals surface area (Å²) in [6, 6.07) is 7.49. The van der Waals surface area contributed by atoms with Gasteiger partial charge in [-0.05, 0) is 34.1 Å². The monoisotopic (exact) mass is 291 g/mol. The number of nitrogens with zero attached hydrogens (tertiary/aromatic N) is 4. The van der Waals surface area contributed by atoms with E-state index in [0.29, 0.717) is 12.1 Å². The number of benzene rings is 1. The Morgan fingerprint density at radius 1 is 1.53 bits per heavy atom. The van der Waals surface area contributed by atoms with Crippen molar-refractivity contribution in [2.45, 2.75) is 6.54 Å². The Bertz CT molecular complexity index is 569. The molecule has 1 aromatic carbocycles. The molecular weight excluding hydrogens is 282 g/mol. The zero-order chi connectivity index (χ0) is 12.3. The Labute approximate surface area is 107 Å². The van der Waals surface area contributed by atoms with E-state index >= 15 is 0 Å². The van der Waals surface area contributed by atoms with Gasteiger partial charge in [0.15, 0.2) is 0 Å². The molecule has 0 fully saturated rings. The molecule has 17 heavy (non-hydrogen) atoms. The Kier molecular flexibility index (Phi) is 3.40. The fourth-order valence-electron chi connectivity index (χ4n) is 1.38. The second-order valence-electron chi connectivity index (χ2n) is 3.46. The van der Waals surface area contributed by atoms with E-state index in [1.54, 1.807) is 16.8 Å². The SMILES string of the molecule is Cn1ncnc1CNc1ccc(C#N)cc1Br. The molecule has 2 aromatic rings. The fourth-order valence-corrected chi connectivity index (χ4v) is 1.90. The molecule has 0 amide bonds. The third kappa shape index (κ3) is 2.63. The van der Waals surface area contributed by atoms with Crippen molar-refractivity contribution >= 4 is 21.6 Å². The predicted molar refractivity (Wildman–Crippen MR) is 67.2 cm³/mol. The van der Waals surface area contributed by atoms with E-state index in [2.05, 4.69) is 37.4 Å². The Morgan fingerprint density at radius 3 is 2.94 bits per heavy atom. The van der Waals surface area contributed by atoms with Crippen molar-refractivity contribution in [3.05, 3.63) is 40.4 Å². The summed E-state index contributed by atoms with van der Waals surface area (Å²) >= 11 is 3.41. The summed E-state index contributed by atoms with van der Waals surface area (Å²) in [6.07, 6.45) is 1.52. The molecule has 0 saturated carbocycles. The maximum Gasteiger partial charge on any atom is 0.145 e. The Hall–Kier alpha value is -1.87. The molecule has 1 aromatic heterocycles. The molecule has 1 heterocycles. The summed E-state index contributed by atoms with van der Waals surface area (Å²) in [7, 11) is 1.85. The summed E-state index contributed by atoms with van der Waals surface area (Å²) in [6.45, 7) is 0.584. The zero-order valence-electron chi connectivity index (χ0n) is 9.18. The van der Waals surface area contributed by atoms with Crippen LogP contribution >= 0.6 is 15.9 Å². The van der Waals surface area contributed by atoms with Crippen molar-refractivity contribution < 1.29 is 0 Å². The van der Waals surface area contributed by atoms with Gasteiger partial charge in [0.25, 0.3) is 0 Å². The Morgan fingerprint density at radius 2 is 2.35 bits per heavy atom. The smallest absolute Gasteiger partial charge is 0.145 e. The first kappa shape index (κ1) is 11.6. The summed E-state index contributed by atoms with van der Waals surface area (Å²) in [5.41, 5.74) is 1.55. The Balaban J connectivity index is 2.10. The summed E-state index contributed by atoms with van der Waals surface area (Å²) < 4.78 is 2.57. The number of nitriles is 1. The average Bonchev–Trinajstić information content (AvgIpc) is 2.73. The maximum absolute atomic E-state index is 8.76. The van der Waals surface area contributed by atoms with Gasteiger partial charge in [0.2, 0.25) is 0 Å². The third-order valence-corrected chi connectivity index (χ3v) is 3.00. The number of hydrogen-bond acceptors (Lipinski definition) is 4. The van der Waals surface area contributed by atoms with Gasteiger partial charge in [-0.1, -0.05) is 0 Å². The van der Waals surface area contributed by atoms with Crippen LogP contribution in [0.5, 0.6) is 0 Å². The normalized spacial score (nSPS) is 9.94. The molecule has 0 aliphatic carbocycles. The summed E-state index contributed by atoms with van der Waals surface area (Å²) in [5.74, 6) is 0.848. The first-order valence-electron chi connectivity index (χ1n) is 4.97. The van der Waals surface area contributed by atoms with E-state index < -0.39 is 0 Å². The average molecular weight is 292 g/mol. The van der Waals surface area contributed by atoms with Gasteiger partial charge >= 0.3 is 0 Å². The molecule has 1 N–H and O–H groups in total. The zero-order valence-corrected chi connectivity index (χ0v) is 10.8. The second kappa shape index (κ2) is 4.97. The van der Waals surface area contributed by atoms with E-state index in [1.165, 1.54) is 6.33 Å². The molecule has 86 valence electrons. The molecule has 6 heteroatoms. The van der Waals surface area contributed by atoms with Crippen molar-refractivity contribution in [1.82, 2.24) is 14.8 Å². The summed E-state index contributed by atoms with van der Waals surface area (Å²) in [4.78, 5) is 4.12. The third-order valence-electron chi connectivity index (χ3n) is 2.34. The highest BCUT2D eigenvalue weighted by molar-refractivity contribution is 9.10. The van der Waals surface area contributed by atoms with Crippen LogP contribution in [0.25, 0.3) is 0 Å². The van der Waals surface area contributed by atoms with Gasteiger partial charge in [0.1, 0.15) is 12.2 Å². The highest BCUT2D eigenvalue weighted by atomic mass is 79.9. The van der Waals surface area contributed by atoms with Crippen molar-refractivity contribution in [1.29, 1.82) is 5.26 Å². The molecule has 5 nitrogen and oxygen atoms in total. The highest BCUT2D eigenvalue weighted by Crippen LogP contribution is 2.23. The van der Waals surface area contributed by atoms with Crippen molar-refractivity contribution in [3.8, 4) is 6.07 Å². The quantitative estimate of drug-likeness (QED) is 0.940. The van der Waals surface area contributed by atoms with Crippen LogP contribution in [0.4, 0.5) is 5.69 Å². The lowest BCUT2D eigenvalue weighted by molar-refractivity contribution is 0.712. The number of hydrogen-bond donors (Lipinski definition) is 1. The number of aromatic nitrogens is 3. The van der Waals surface area contributed by atoms with Crippen LogP contribution in [-0.4, -0.2) is 14.8 Å². The molecule has 0 spiro atoms. The number of anilines is 1. The molecule has 2 rings (SSSR count). The lowest BCUT2D eigenvalue weighted by Crippen LogP contribution is -2.07. The maximum atomic E-state index is 8.76. The van der Waals surface area contributed by atoms with Gasteiger partial charge in [0, 0.05) is 17.2 Å². The molecule has 0 atom stereocenters. The van der Waals surface area contributed by atoms with Crippen molar-refractivity contribution in [3.63, 3.8) is 0 Å². The fraction of sp³-hybridized carbons (Fsp3) is 0.182. The van der Waals surface area contributed by atoms with Gasteiger partial charge in [0.05, 0.1) is 18.2 Å². The second-order valence-corrected chi connectivity index (χ2v) is 4.31. The number of rotatable bonds is 3. The van der Waals surface area contributed by atoms with Crippen LogP contribution < -0.4 is 5.32 Å². The first-order valence-corrected chi connectivity index (χ1v) is 5.76. The predicted octanol–water partition coefficient (Wildman–Crippen LogP) is 2.06. The van der Waals surface area contributed by atoms with E-state index in [1.807, 2.05) is 13.1 Å². The van der Waals surface area contributed by atoms with Gasteiger partial charge in [-0.3, -0.25) is 4.68 Å². The number of halogens is 1. The van der Waals surface area contributed by atoms with Crippen molar-refractivity contribution in [2.24, 2.45) is 7.05 Å². The molecule has 0 aliphatic rings. The van der Waals surface area contributed by atoms with Gasteiger partial charge in [-0.2, -0.15) is 10.4 Å². The summed E-state index contributed by atoms with van der Waals surface area (Å²) in [5, 5.41) is 16.0. The van der Waals surface area contributed by atoms with Crippen LogP contribution in [0.2, 0.25) is 0 Å². The number of nitrogens with one attached hydrogen (secondary N) is 1. The molecule has 0 unspecified atom stereocenters. The minimum absolute atomic E-state index is 0.584. The largest absolute Gasteiger partial charge is 0.377 e. The molecule has 0 radical (unpaired) electrons. The standard InChI is InChI=1S/C11H10BrN5/c1-17-11(15-7-16-17)6-14-10-3-2-8(5-13)4-9(10)12/h2-4,7,14H,6H2,1H3. The van der Waals surface area contributed by atoms with E-state index in [-0.39, 0.29) is 0 Å². The molecule has 0 aliphatic heterocycles. The van der Waals surface area contributed by atoms with Crippen LogP contribution in [0.1, 0.15) is 11.4 Å². The van der Waals surface area contributed by atoms with Crippen molar-refractivity contribution in [2.75, 3.05) is 5.32 Å². The molecular formula is C11H10BrN5. The van der Waals surface area contributed by atoms with Crippen LogP contribution in [-0.2, 0) is 13.6 Å². The van der Waals surface area contributed by atoms with E-state index in [9.17, 15) is 0 Å². The first-order chi connectivity index (χ1) is 8.20. The van der Waals surface area contributed by atoms with Gasteiger partial charge < -0.3 is 5.32 Å². The number of aryl methyl sites for hydroxylation is 1. The molecule has 0 bridgehead atoms. The minimum Gasteiger partial charge on any atom is -0.377 e.